The van der Waals surface area contributed by atoms with E-state index in [-0.39, 0.29) is 5.91 Å². The number of nitrogens with one attached hydrogen (secondary N) is 1. The zero-order chi connectivity index (χ0) is 14.0. The van der Waals surface area contributed by atoms with Gasteiger partial charge in [-0.1, -0.05) is 18.2 Å². The predicted octanol–water partition coefficient (Wildman–Crippen LogP) is 1.99. The van der Waals surface area contributed by atoms with Crippen LogP contribution in [0.25, 0.3) is 0 Å². The maximum Gasteiger partial charge on any atom is 0.330 e. The van der Waals surface area contributed by atoms with Gasteiger partial charge in [0.25, 0.3) is 5.91 Å². The molecular weight excluding hydrogens is 262 g/mol. The zero-order valence-corrected chi connectivity index (χ0v) is 11.8. The second-order valence-corrected chi connectivity index (χ2v) is 6.02. The van der Waals surface area contributed by atoms with Crippen LogP contribution in [0.3, 0.4) is 0 Å². The van der Waals surface area contributed by atoms with Gasteiger partial charge in [0.1, 0.15) is 5.54 Å². The Morgan fingerprint density at radius 2 is 1.95 bits per heavy atom. The number of hydrogen-bond acceptors (Lipinski definition) is 3. The van der Waals surface area contributed by atoms with Gasteiger partial charge in [0.15, 0.2) is 0 Å². The van der Waals surface area contributed by atoms with Crippen LogP contribution in [0.2, 0.25) is 0 Å². The molecule has 1 aromatic carbocycles. The number of amides is 1. The molecule has 19 heavy (non-hydrogen) atoms. The fourth-order valence-electron chi connectivity index (χ4n) is 2.34. The van der Waals surface area contributed by atoms with Gasteiger partial charge in [-0.05, 0) is 37.1 Å². The van der Waals surface area contributed by atoms with E-state index in [1.165, 1.54) is 0 Å². The zero-order valence-electron chi connectivity index (χ0n) is 11.0. The van der Waals surface area contributed by atoms with Crippen molar-refractivity contribution in [3.8, 4) is 0 Å². The molecule has 1 aromatic rings. The molecule has 0 spiro atoms. The van der Waals surface area contributed by atoms with Gasteiger partial charge in [0, 0.05) is 11.3 Å². The minimum absolute atomic E-state index is 0.291. The SMILES string of the molecule is Cc1cccc(C)c1C(=O)NC1(C(=O)O)CCSC1. The molecule has 0 radical (unpaired) electrons. The summed E-state index contributed by atoms with van der Waals surface area (Å²) < 4.78 is 0. The van der Waals surface area contributed by atoms with Gasteiger partial charge in [-0.3, -0.25) is 4.79 Å². The third-order valence-corrected chi connectivity index (χ3v) is 4.68. The molecule has 0 aliphatic carbocycles. The summed E-state index contributed by atoms with van der Waals surface area (Å²) in [7, 11) is 0. The summed E-state index contributed by atoms with van der Waals surface area (Å²) in [5.74, 6) is -0.0456. The first-order chi connectivity index (χ1) is 8.96. The molecule has 1 aliphatic rings. The third-order valence-electron chi connectivity index (χ3n) is 3.49. The summed E-state index contributed by atoms with van der Waals surface area (Å²) in [5.41, 5.74) is 1.20. The van der Waals surface area contributed by atoms with Gasteiger partial charge in [0.2, 0.25) is 0 Å². The van der Waals surface area contributed by atoms with E-state index in [1.807, 2.05) is 32.0 Å². The van der Waals surface area contributed by atoms with E-state index in [9.17, 15) is 14.7 Å². The second-order valence-electron chi connectivity index (χ2n) is 4.91. The van der Waals surface area contributed by atoms with Crippen LogP contribution in [0.1, 0.15) is 27.9 Å². The monoisotopic (exact) mass is 279 g/mol. The van der Waals surface area contributed by atoms with Gasteiger partial charge in [-0.15, -0.1) is 0 Å². The molecule has 2 N–H and O–H groups in total. The van der Waals surface area contributed by atoms with E-state index in [2.05, 4.69) is 5.32 Å². The topological polar surface area (TPSA) is 66.4 Å². The molecule has 4 nitrogen and oxygen atoms in total. The van der Waals surface area contributed by atoms with Gasteiger partial charge in [-0.2, -0.15) is 11.8 Å². The Hall–Kier alpha value is -1.49. The van der Waals surface area contributed by atoms with Crippen LogP contribution in [-0.2, 0) is 4.79 Å². The number of carboxylic acids is 1. The number of aryl methyl sites for hydroxylation is 2. The molecule has 1 atom stereocenters. The van der Waals surface area contributed by atoms with E-state index in [0.29, 0.717) is 17.7 Å². The fraction of sp³-hybridized carbons (Fsp3) is 0.429. The molecule has 1 saturated heterocycles. The van der Waals surface area contributed by atoms with E-state index in [1.54, 1.807) is 11.8 Å². The van der Waals surface area contributed by atoms with E-state index in [4.69, 9.17) is 0 Å². The molecule has 1 unspecified atom stereocenters. The fourth-order valence-corrected chi connectivity index (χ4v) is 3.66. The first kappa shape index (κ1) is 13.9. The number of carbonyl (C=O) groups excluding carboxylic acids is 1. The van der Waals surface area contributed by atoms with Crippen molar-refractivity contribution in [2.75, 3.05) is 11.5 Å². The van der Waals surface area contributed by atoms with Crippen molar-refractivity contribution >= 4 is 23.6 Å². The molecule has 1 aliphatic heterocycles. The number of thioether (sulfide) groups is 1. The number of carbonyl (C=O) groups is 2. The highest BCUT2D eigenvalue weighted by atomic mass is 32.2. The van der Waals surface area contributed by atoms with Gasteiger partial charge in [0.05, 0.1) is 0 Å². The number of rotatable bonds is 3. The number of benzene rings is 1. The van der Waals surface area contributed by atoms with Crippen LogP contribution in [0, 0.1) is 13.8 Å². The minimum atomic E-state index is -1.11. The van der Waals surface area contributed by atoms with Crippen molar-refractivity contribution < 1.29 is 14.7 Å². The van der Waals surface area contributed by atoms with Crippen molar-refractivity contribution in [1.82, 2.24) is 5.32 Å². The molecule has 1 heterocycles. The van der Waals surface area contributed by atoms with E-state index < -0.39 is 11.5 Å². The average molecular weight is 279 g/mol. The molecule has 2 rings (SSSR count). The lowest BCUT2D eigenvalue weighted by Crippen LogP contribution is -2.55. The lowest BCUT2D eigenvalue weighted by atomic mass is 9.96. The summed E-state index contributed by atoms with van der Waals surface area (Å²) in [6.07, 6.45) is 0.476. The Morgan fingerprint density at radius 3 is 2.42 bits per heavy atom. The Bertz CT molecular complexity index is 501. The van der Waals surface area contributed by atoms with Crippen molar-refractivity contribution in [3.05, 3.63) is 34.9 Å². The standard InChI is InChI=1S/C14H17NO3S/c1-9-4-3-5-10(2)11(9)12(16)15-14(13(17)18)6-7-19-8-14/h3-5H,6-8H2,1-2H3,(H,15,16)(H,17,18). The summed E-state index contributed by atoms with van der Waals surface area (Å²) in [6, 6.07) is 5.61. The molecule has 0 aromatic heterocycles. The van der Waals surface area contributed by atoms with Crippen molar-refractivity contribution in [1.29, 1.82) is 0 Å². The van der Waals surface area contributed by atoms with E-state index >= 15 is 0 Å². The molecule has 1 amide bonds. The molecule has 0 saturated carbocycles. The summed E-state index contributed by atoms with van der Waals surface area (Å²) in [5, 5.41) is 12.1. The third kappa shape index (κ3) is 2.61. The van der Waals surface area contributed by atoms with Crippen LogP contribution in [-0.4, -0.2) is 34.0 Å². The van der Waals surface area contributed by atoms with Gasteiger partial charge < -0.3 is 10.4 Å². The molecule has 102 valence electrons. The lowest BCUT2D eigenvalue weighted by molar-refractivity contribution is -0.143. The van der Waals surface area contributed by atoms with Crippen LogP contribution in [0.4, 0.5) is 0 Å². The summed E-state index contributed by atoms with van der Waals surface area (Å²) >= 11 is 1.56. The first-order valence-corrected chi connectivity index (χ1v) is 7.32. The van der Waals surface area contributed by atoms with Crippen LogP contribution in [0.15, 0.2) is 18.2 Å². The van der Waals surface area contributed by atoms with Crippen LogP contribution in [0.5, 0.6) is 0 Å². The predicted molar refractivity (Wildman–Crippen MR) is 75.7 cm³/mol. The highest BCUT2D eigenvalue weighted by molar-refractivity contribution is 7.99. The van der Waals surface area contributed by atoms with Crippen molar-refractivity contribution in [2.45, 2.75) is 25.8 Å². The largest absolute Gasteiger partial charge is 0.479 e. The maximum atomic E-state index is 12.4. The number of hydrogen-bond donors (Lipinski definition) is 2. The minimum Gasteiger partial charge on any atom is -0.479 e. The second kappa shape index (κ2) is 5.25. The van der Waals surface area contributed by atoms with Crippen molar-refractivity contribution in [3.63, 3.8) is 0 Å². The first-order valence-electron chi connectivity index (χ1n) is 6.16. The van der Waals surface area contributed by atoms with Crippen molar-refractivity contribution in [2.24, 2.45) is 0 Å². The average Bonchev–Trinajstić information content (AvgIpc) is 2.78. The van der Waals surface area contributed by atoms with Crippen LogP contribution < -0.4 is 5.32 Å². The molecule has 0 bridgehead atoms. The smallest absolute Gasteiger partial charge is 0.330 e. The Labute approximate surface area is 116 Å². The maximum absolute atomic E-state index is 12.4. The Kier molecular flexibility index (Phi) is 3.85. The van der Waals surface area contributed by atoms with E-state index in [0.717, 1.165) is 16.9 Å². The Morgan fingerprint density at radius 1 is 1.32 bits per heavy atom. The normalized spacial score (nSPS) is 22.2. The summed E-state index contributed by atoms with van der Waals surface area (Å²) in [6.45, 7) is 3.72. The van der Waals surface area contributed by atoms with Crippen LogP contribution >= 0.6 is 11.8 Å². The lowest BCUT2D eigenvalue weighted by Gasteiger charge is -2.25. The highest BCUT2D eigenvalue weighted by Crippen LogP contribution is 2.29. The van der Waals surface area contributed by atoms with Gasteiger partial charge >= 0.3 is 5.97 Å². The number of carboxylic acid groups (broad SMARTS) is 1. The molecule has 5 heteroatoms. The van der Waals surface area contributed by atoms with Gasteiger partial charge in [-0.25, -0.2) is 4.79 Å². The molecule has 1 fully saturated rings. The Balaban J connectivity index is 2.28. The quantitative estimate of drug-likeness (QED) is 0.888. The number of aliphatic carboxylic acids is 1. The molecular formula is C14H17NO3S. The highest BCUT2D eigenvalue weighted by Gasteiger charge is 2.43. The summed E-state index contributed by atoms with van der Waals surface area (Å²) in [4.78, 5) is 23.8.